The number of rotatable bonds is 13. The molecule has 384 valence electrons. The maximum Gasteiger partial charge on any atom is 3.00 e. The van der Waals surface area contributed by atoms with Crippen LogP contribution in [0.1, 0.15) is 101 Å². The molecule has 10 aromatic rings. The third-order valence-corrected chi connectivity index (χ3v) is 14.7. The molecule has 0 spiro atoms. The molecule has 3 heterocycles. The van der Waals surface area contributed by atoms with E-state index in [0.29, 0.717) is 0 Å². The molecule has 0 aliphatic heterocycles. The zero-order chi connectivity index (χ0) is 53.0. The second-order valence-corrected chi connectivity index (χ2v) is 23.5. The first-order chi connectivity index (χ1) is 36.5. The second kappa shape index (κ2) is 23.1. The Bertz CT molecular complexity index is 3440. The molecule has 0 atom stereocenters. The van der Waals surface area contributed by atoms with Gasteiger partial charge in [-0.2, -0.15) is 0 Å². The fourth-order valence-electron chi connectivity index (χ4n) is 9.86. The summed E-state index contributed by atoms with van der Waals surface area (Å²) in [7, 11) is 0. The van der Waals surface area contributed by atoms with Crippen molar-refractivity contribution in [3.05, 3.63) is 258 Å². The summed E-state index contributed by atoms with van der Waals surface area (Å²) < 4.78 is 0. The minimum atomic E-state index is 0. The molecule has 10 rings (SSSR count). The van der Waals surface area contributed by atoms with Crippen LogP contribution in [0.15, 0.2) is 201 Å². The number of benzene rings is 7. The number of aryl methyl sites for hydroxylation is 4. The second-order valence-electron chi connectivity index (χ2n) is 23.5. The van der Waals surface area contributed by atoms with Crippen molar-refractivity contribution in [2.75, 3.05) is 0 Å². The molecule has 0 saturated heterocycles. The first kappa shape index (κ1) is 54.4. The Kier molecular flexibility index (Phi) is 16.3. The molecule has 0 aliphatic rings. The van der Waals surface area contributed by atoms with E-state index in [1.165, 1.54) is 61.2 Å². The average Bonchev–Trinajstić information content (AvgIpc) is 3.44. The zero-order valence-electron chi connectivity index (χ0n) is 46.1. The Balaban J connectivity index is 0.00000722. The predicted molar refractivity (Wildman–Crippen MR) is 318 cm³/mol. The number of pyridine rings is 3. The predicted octanol–water partition coefficient (Wildman–Crippen LogP) is 18.4. The molecule has 7 aromatic carbocycles. The summed E-state index contributed by atoms with van der Waals surface area (Å²) in [6.45, 7) is 20.0. The zero-order valence-corrected chi connectivity index (χ0v) is 48.5. The van der Waals surface area contributed by atoms with Gasteiger partial charge >= 0.3 is 20.1 Å². The summed E-state index contributed by atoms with van der Waals surface area (Å²) in [6.07, 6.45) is 9.58. The van der Waals surface area contributed by atoms with Crippen molar-refractivity contribution in [1.29, 1.82) is 0 Å². The van der Waals surface area contributed by atoms with Crippen molar-refractivity contribution in [3.63, 3.8) is 0 Å². The van der Waals surface area contributed by atoms with Gasteiger partial charge in [-0.15, -0.1) is 94.5 Å². The summed E-state index contributed by atoms with van der Waals surface area (Å²) >= 11 is 0. The Morgan fingerprint density at radius 3 is 1.17 bits per heavy atom. The summed E-state index contributed by atoms with van der Waals surface area (Å²) in [5, 5.41) is 0. The number of hydrogen-bond donors (Lipinski definition) is 0. The largest absolute Gasteiger partial charge is 3.00 e. The van der Waals surface area contributed by atoms with Gasteiger partial charge in [0.05, 0.1) is 0 Å². The molecule has 0 fully saturated rings. The maximum absolute atomic E-state index is 4.99. The number of nitrogens with zero attached hydrogens (tertiary/aromatic N) is 3. The first-order valence-electron chi connectivity index (χ1n) is 26.9. The molecule has 0 radical (unpaired) electrons. The van der Waals surface area contributed by atoms with E-state index < -0.39 is 0 Å². The number of aromatic nitrogens is 3. The summed E-state index contributed by atoms with van der Waals surface area (Å²) in [5.74, 6) is 0. The van der Waals surface area contributed by atoms with E-state index in [1.54, 1.807) is 0 Å². The van der Waals surface area contributed by atoms with Gasteiger partial charge in [-0.3, -0.25) is 0 Å². The summed E-state index contributed by atoms with van der Waals surface area (Å²) in [5.41, 5.74) is 24.0. The standard InChI is InChI=1S/C73H68N3.Ir/c1-71(2,3)61-36-40-68(74-47-61)57-27-23-50(24-28-57)19-21-52-43-53(22-20-51-25-29-58(30-26-51)69-41-37-62(48-75-69)72(4,5)6)45-60(44-52)64-17-13-14-18-65(64)66-39-35-59(70-42-38-63(49-76-70)73(7,8)9)46-67(66)56-33-31-55(32-34-56)54-15-11-10-12-16-54;/h10-18,23-27,29,31-34,36-49H,19-22H2,1-9H3;/q-3;+3. The van der Waals surface area contributed by atoms with Crippen molar-refractivity contribution in [2.45, 2.75) is 104 Å². The molecular weight excluding hydrogens is 1110 g/mol. The van der Waals surface area contributed by atoms with Crippen LogP contribution in [-0.2, 0) is 62.0 Å². The van der Waals surface area contributed by atoms with Gasteiger partial charge in [-0.1, -0.05) is 225 Å². The Morgan fingerprint density at radius 2 is 0.727 bits per heavy atom. The molecule has 0 unspecified atom stereocenters. The molecular formula is C73H68IrN3. The minimum Gasteiger partial charge on any atom is -0.304 e. The first-order valence-corrected chi connectivity index (χ1v) is 26.9. The molecule has 3 aromatic heterocycles. The van der Waals surface area contributed by atoms with Gasteiger partial charge in [-0.05, 0) is 102 Å². The molecule has 0 bridgehead atoms. The molecule has 3 nitrogen and oxygen atoms in total. The van der Waals surface area contributed by atoms with Gasteiger partial charge in [0.1, 0.15) is 0 Å². The van der Waals surface area contributed by atoms with E-state index >= 15 is 0 Å². The molecule has 77 heavy (non-hydrogen) atoms. The van der Waals surface area contributed by atoms with Crippen molar-refractivity contribution >= 4 is 0 Å². The number of hydrogen-bond acceptors (Lipinski definition) is 3. The SMILES string of the molecule is CC(C)(C)c1ccc(-c2[c-]cc(CCc3cc(CCc4c[c-]c(-c5ccc(C(C)(C)C)cn5)cc4)cc(-c4ccccc4-c4c[c-]c(-c5ccc(C(C)(C)C)cn5)cc4-c4ccc(-c5ccccc5)cc4)c3)cc2)nc1.[Ir+3]. The van der Waals surface area contributed by atoms with Crippen LogP contribution < -0.4 is 0 Å². The van der Waals surface area contributed by atoms with Gasteiger partial charge in [0.25, 0.3) is 0 Å². The fraction of sp³-hybridized carbons (Fsp3) is 0.219. The summed E-state index contributed by atoms with van der Waals surface area (Å²) in [4.78, 5) is 14.6. The van der Waals surface area contributed by atoms with Crippen LogP contribution in [0.2, 0.25) is 0 Å². The van der Waals surface area contributed by atoms with Gasteiger partial charge in [0.2, 0.25) is 0 Å². The smallest absolute Gasteiger partial charge is 0.304 e. The molecule has 4 heteroatoms. The third kappa shape index (κ3) is 13.1. The maximum atomic E-state index is 4.99. The van der Waals surface area contributed by atoms with Crippen molar-refractivity contribution < 1.29 is 20.1 Å². The van der Waals surface area contributed by atoms with E-state index in [4.69, 9.17) is 15.0 Å². The van der Waals surface area contributed by atoms with E-state index in [1.807, 2.05) is 18.6 Å². The molecule has 0 saturated carbocycles. The molecule has 0 N–H and O–H groups in total. The van der Waals surface area contributed by atoms with E-state index in [0.717, 1.165) is 81.7 Å². The minimum absolute atomic E-state index is 0. The van der Waals surface area contributed by atoms with Crippen LogP contribution in [0.4, 0.5) is 0 Å². The van der Waals surface area contributed by atoms with E-state index in [9.17, 15) is 0 Å². The van der Waals surface area contributed by atoms with Crippen LogP contribution in [0, 0.1) is 18.2 Å². The van der Waals surface area contributed by atoms with Crippen LogP contribution >= 0.6 is 0 Å². The Morgan fingerprint density at radius 1 is 0.312 bits per heavy atom. The quantitative estimate of drug-likeness (QED) is 0.108. The Hall–Kier alpha value is -7.36. The monoisotopic (exact) mass is 1180 g/mol. The normalized spacial score (nSPS) is 11.8. The molecule has 0 aliphatic carbocycles. The van der Waals surface area contributed by atoms with Crippen LogP contribution in [-0.4, -0.2) is 15.0 Å². The van der Waals surface area contributed by atoms with Gasteiger partial charge < -0.3 is 15.0 Å². The Labute approximate surface area is 472 Å². The average molecular weight is 1180 g/mol. The van der Waals surface area contributed by atoms with E-state index in [-0.39, 0.29) is 36.4 Å². The fourth-order valence-corrected chi connectivity index (χ4v) is 9.86. The van der Waals surface area contributed by atoms with Gasteiger partial charge in [0.15, 0.2) is 0 Å². The van der Waals surface area contributed by atoms with E-state index in [2.05, 4.69) is 263 Å². The molecule has 0 amide bonds. The topological polar surface area (TPSA) is 38.7 Å². The third-order valence-electron chi connectivity index (χ3n) is 14.7. The summed E-state index contributed by atoms with van der Waals surface area (Å²) in [6, 6.07) is 77.1. The van der Waals surface area contributed by atoms with Crippen LogP contribution in [0.25, 0.3) is 78.3 Å². The van der Waals surface area contributed by atoms with Crippen molar-refractivity contribution in [3.8, 4) is 78.3 Å². The van der Waals surface area contributed by atoms with Gasteiger partial charge in [-0.25, -0.2) is 0 Å². The van der Waals surface area contributed by atoms with Crippen molar-refractivity contribution in [1.82, 2.24) is 15.0 Å². The van der Waals surface area contributed by atoms with Gasteiger partial charge in [0, 0.05) is 18.6 Å². The van der Waals surface area contributed by atoms with Crippen molar-refractivity contribution in [2.24, 2.45) is 0 Å². The van der Waals surface area contributed by atoms with Crippen LogP contribution in [0.3, 0.4) is 0 Å². The van der Waals surface area contributed by atoms with Crippen LogP contribution in [0.5, 0.6) is 0 Å².